The number of likely N-dealkylation sites (N-methyl/N-ethyl adjacent to an activating group) is 1. The van der Waals surface area contributed by atoms with Crippen LogP contribution in [-0.2, 0) is 14.8 Å². The summed E-state index contributed by atoms with van der Waals surface area (Å²) in [6, 6.07) is 11.2. The molecule has 3 rings (SSSR count). The molecule has 0 saturated heterocycles. The van der Waals surface area contributed by atoms with Gasteiger partial charge in [0.25, 0.3) is 15.9 Å². The van der Waals surface area contributed by atoms with Crippen LogP contribution < -0.4 is 4.90 Å². The summed E-state index contributed by atoms with van der Waals surface area (Å²) in [5.74, 6) is -0.439. The van der Waals surface area contributed by atoms with Crippen molar-refractivity contribution in [2.45, 2.75) is 18.7 Å². The third-order valence-corrected chi connectivity index (χ3v) is 5.32. The molecule has 0 unspecified atom stereocenters. The van der Waals surface area contributed by atoms with E-state index >= 15 is 0 Å². The summed E-state index contributed by atoms with van der Waals surface area (Å²) in [7, 11) is -3.98. The Balaban J connectivity index is 2.15. The zero-order chi connectivity index (χ0) is 17.5. The second-order valence-electron chi connectivity index (χ2n) is 5.44. The zero-order valence-electron chi connectivity index (χ0n) is 13.2. The van der Waals surface area contributed by atoms with E-state index < -0.39 is 15.9 Å². The van der Waals surface area contributed by atoms with Crippen LogP contribution in [0.2, 0.25) is 5.02 Å². The van der Waals surface area contributed by atoms with Crippen molar-refractivity contribution >= 4 is 38.9 Å². The van der Waals surface area contributed by atoms with E-state index in [0.29, 0.717) is 22.8 Å². The average molecular weight is 363 g/mol. The lowest BCUT2D eigenvalue weighted by Gasteiger charge is -2.13. The Kier molecular flexibility index (Phi) is 4.19. The Bertz CT molecular complexity index is 950. The van der Waals surface area contributed by atoms with Gasteiger partial charge < -0.3 is 4.90 Å². The molecule has 0 atom stereocenters. The van der Waals surface area contributed by atoms with Gasteiger partial charge in [0.1, 0.15) is 0 Å². The number of aryl methyl sites for hydroxylation is 1. The molecular weight excluding hydrogens is 348 g/mol. The van der Waals surface area contributed by atoms with Crippen LogP contribution in [-0.4, -0.2) is 26.6 Å². The number of nitrogens with zero attached hydrogens (tertiary/aromatic N) is 2. The van der Waals surface area contributed by atoms with E-state index in [1.807, 2.05) is 13.8 Å². The van der Waals surface area contributed by atoms with Crippen molar-refractivity contribution in [2.24, 2.45) is 4.40 Å². The predicted octanol–water partition coefficient (Wildman–Crippen LogP) is 3.19. The fraction of sp³-hybridized carbons (Fsp3) is 0.176. The zero-order valence-corrected chi connectivity index (χ0v) is 14.7. The summed E-state index contributed by atoms with van der Waals surface area (Å²) in [5.41, 5.74) is 1.89. The molecule has 0 aromatic heterocycles. The Morgan fingerprint density at radius 3 is 2.42 bits per heavy atom. The van der Waals surface area contributed by atoms with Gasteiger partial charge in [-0.2, -0.15) is 12.8 Å². The van der Waals surface area contributed by atoms with E-state index in [4.69, 9.17) is 11.6 Å². The summed E-state index contributed by atoms with van der Waals surface area (Å²) >= 11 is 6.00. The molecule has 5 nitrogen and oxygen atoms in total. The van der Waals surface area contributed by atoms with Gasteiger partial charge in [0.15, 0.2) is 5.71 Å². The fourth-order valence-corrected chi connectivity index (χ4v) is 3.75. The van der Waals surface area contributed by atoms with Crippen molar-refractivity contribution in [3.8, 4) is 0 Å². The summed E-state index contributed by atoms with van der Waals surface area (Å²) in [6.07, 6.45) is 0. The minimum Gasteiger partial charge on any atom is -0.307 e. The van der Waals surface area contributed by atoms with Crippen LogP contribution in [0.1, 0.15) is 18.1 Å². The molecule has 0 bridgehead atoms. The maximum Gasteiger partial charge on any atom is 0.283 e. The molecule has 1 amide bonds. The first-order valence-electron chi connectivity index (χ1n) is 7.37. The summed E-state index contributed by atoms with van der Waals surface area (Å²) < 4.78 is 28.9. The molecule has 2 aromatic rings. The average Bonchev–Trinajstić information content (AvgIpc) is 2.79. The minimum absolute atomic E-state index is 0.0481. The van der Waals surface area contributed by atoms with Gasteiger partial charge in [-0.1, -0.05) is 29.3 Å². The van der Waals surface area contributed by atoms with Gasteiger partial charge >= 0.3 is 0 Å². The molecule has 0 fully saturated rings. The SMILES string of the molecule is CCN1C(=O)C(=NS(=O)(=O)c2ccc(C)cc2)c2cc(Cl)ccc21. The van der Waals surface area contributed by atoms with Gasteiger partial charge in [-0.25, -0.2) is 0 Å². The number of hydrogen-bond donors (Lipinski definition) is 0. The van der Waals surface area contributed by atoms with Crippen LogP contribution in [0.4, 0.5) is 5.69 Å². The van der Waals surface area contributed by atoms with E-state index in [0.717, 1.165) is 5.56 Å². The lowest BCUT2D eigenvalue weighted by molar-refractivity contribution is -0.112. The summed E-state index contributed by atoms with van der Waals surface area (Å²) in [5, 5.41) is 0.417. The Morgan fingerprint density at radius 1 is 1.12 bits per heavy atom. The normalized spacial score (nSPS) is 15.9. The maximum absolute atomic E-state index is 12.6. The molecule has 0 saturated carbocycles. The molecule has 1 aliphatic rings. The molecule has 1 aliphatic heterocycles. The van der Waals surface area contributed by atoms with Gasteiger partial charge in [0.2, 0.25) is 0 Å². The highest BCUT2D eigenvalue weighted by Crippen LogP contribution is 2.32. The number of fused-ring (bicyclic) bond motifs is 1. The van der Waals surface area contributed by atoms with Crippen molar-refractivity contribution in [3.05, 3.63) is 58.6 Å². The van der Waals surface area contributed by atoms with Crippen LogP contribution in [0.15, 0.2) is 51.8 Å². The van der Waals surface area contributed by atoms with Crippen molar-refractivity contribution in [3.63, 3.8) is 0 Å². The molecule has 2 aromatic carbocycles. The number of carbonyl (C=O) groups excluding carboxylic acids is 1. The number of anilines is 1. The van der Waals surface area contributed by atoms with E-state index in [1.54, 1.807) is 30.3 Å². The number of hydrogen-bond acceptors (Lipinski definition) is 3. The first-order valence-corrected chi connectivity index (χ1v) is 9.18. The molecule has 0 spiro atoms. The molecule has 0 N–H and O–H groups in total. The lowest BCUT2D eigenvalue weighted by Crippen LogP contribution is -2.30. The van der Waals surface area contributed by atoms with Gasteiger partial charge in [0.05, 0.1) is 10.6 Å². The minimum atomic E-state index is -3.98. The van der Waals surface area contributed by atoms with Gasteiger partial charge in [0, 0.05) is 17.1 Å². The standard InChI is InChI=1S/C17H15ClN2O3S/c1-3-20-15-9-6-12(18)10-14(15)16(17(20)21)19-24(22,23)13-7-4-11(2)5-8-13/h4-10H,3H2,1-2H3. The van der Waals surface area contributed by atoms with Crippen LogP contribution in [0.5, 0.6) is 0 Å². The van der Waals surface area contributed by atoms with E-state index in [1.165, 1.54) is 17.0 Å². The van der Waals surface area contributed by atoms with Crippen molar-refractivity contribution < 1.29 is 13.2 Å². The molecule has 0 aliphatic carbocycles. The number of amides is 1. The van der Waals surface area contributed by atoms with Gasteiger partial charge in [-0.05, 0) is 44.2 Å². The number of benzene rings is 2. The van der Waals surface area contributed by atoms with Crippen LogP contribution in [0.3, 0.4) is 0 Å². The fourth-order valence-electron chi connectivity index (χ4n) is 2.57. The molecule has 1 heterocycles. The first-order chi connectivity index (χ1) is 11.3. The van der Waals surface area contributed by atoms with Crippen molar-refractivity contribution in [1.82, 2.24) is 0 Å². The highest BCUT2D eigenvalue weighted by atomic mass is 35.5. The molecule has 7 heteroatoms. The Labute approximate surface area is 145 Å². The van der Waals surface area contributed by atoms with Crippen LogP contribution in [0, 0.1) is 6.92 Å². The third kappa shape index (κ3) is 2.83. The van der Waals surface area contributed by atoms with E-state index in [-0.39, 0.29) is 10.6 Å². The van der Waals surface area contributed by atoms with E-state index in [9.17, 15) is 13.2 Å². The molecule has 0 radical (unpaired) electrons. The molecule has 24 heavy (non-hydrogen) atoms. The van der Waals surface area contributed by atoms with Crippen LogP contribution >= 0.6 is 11.6 Å². The second-order valence-corrected chi connectivity index (χ2v) is 7.48. The second kappa shape index (κ2) is 6.03. The van der Waals surface area contributed by atoms with E-state index in [2.05, 4.69) is 4.40 Å². The molecule has 124 valence electrons. The number of carbonyl (C=O) groups is 1. The highest BCUT2D eigenvalue weighted by molar-refractivity contribution is 7.90. The quantitative estimate of drug-likeness (QED) is 0.842. The third-order valence-electron chi connectivity index (χ3n) is 3.80. The smallest absolute Gasteiger partial charge is 0.283 e. The van der Waals surface area contributed by atoms with Gasteiger partial charge in [-0.15, -0.1) is 0 Å². The molecular formula is C17H15ClN2O3S. The Morgan fingerprint density at radius 2 is 1.79 bits per heavy atom. The van der Waals surface area contributed by atoms with Crippen LogP contribution in [0.25, 0.3) is 0 Å². The number of sulfonamides is 1. The van der Waals surface area contributed by atoms with Crippen molar-refractivity contribution in [2.75, 3.05) is 11.4 Å². The topological polar surface area (TPSA) is 66.8 Å². The Hall–Kier alpha value is -2.18. The number of halogens is 1. The largest absolute Gasteiger partial charge is 0.307 e. The monoisotopic (exact) mass is 362 g/mol. The first kappa shape index (κ1) is 16.7. The predicted molar refractivity (Wildman–Crippen MR) is 94.4 cm³/mol. The lowest BCUT2D eigenvalue weighted by atomic mass is 10.1. The van der Waals surface area contributed by atoms with Crippen molar-refractivity contribution in [1.29, 1.82) is 0 Å². The number of rotatable bonds is 3. The summed E-state index contributed by atoms with van der Waals surface area (Å²) in [6.45, 7) is 4.09. The summed E-state index contributed by atoms with van der Waals surface area (Å²) in [4.78, 5) is 14.1. The highest BCUT2D eigenvalue weighted by Gasteiger charge is 2.34. The van der Waals surface area contributed by atoms with Gasteiger partial charge in [-0.3, -0.25) is 4.79 Å². The maximum atomic E-state index is 12.6.